The molecule has 180 valence electrons. The second-order valence-corrected chi connectivity index (χ2v) is 14.8. The second kappa shape index (κ2) is 9.86. The molecule has 0 aliphatic rings. The standard InChI is InChI=1S/C23H34FN5O3Si/c1-15(20(30)28-16-10-9-11-25-13-16)27-21(31)29-19-12-17(32-8)18(14-26-19)33(24,22(2,3)4)23(5,6)7/h9-15H,1-8H3,(H,28,30)(H2,26,27,29,31). The number of rotatable bonds is 6. The van der Waals surface area contributed by atoms with Crippen LogP contribution in [0.1, 0.15) is 48.5 Å². The molecule has 0 radical (unpaired) electrons. The largest absolute Gasteiger partial charge is 0.497 e. The van der Waals surface area contributed by atoms with Crippen molar-refractivity contribution < 1.29 is 18.4 Å². The molecule has 0 bridgehead atoms. The lowest BCUT2D eigenvalue weighted by Gasteiger charge is -2.45. The highest BCUT2D eigenvalue weighted by atomic mass is 28.4. The number of urea groups is 1. The third-order valence-corrected chi connectivity index (χ3v) is 10.7. The van der Waals surface area contributed by atoms with Gasteiger partial charge in [-0.25, -0.2) is 9.78 Å². The summed E-state index contributed by atoms with van der Waals surface area (Å²) >= 11 is 0. The lowest BCUT2D eigenvalue weighted by molar-refractivity contribution is -0.117. The van der Waals surface area contributed by atoms with Gasteiger partial charge >= 0.3 is 6.03 Å². The molecule has 0 saturated carbocycles. The van der Waals surface area contributed by atoms with E-state index in [4.69, 9.17) is 4.74 Å². The fourth-order valence-electron chi connectivity index (χ4n) is 3.97. The van der Waals surface area contributed by atoms with Gasteiger partial charge < -0.3 is 19.5 Å². The van der Waals surface area contributed by atoms with Gasteiger partial charge in [0.1, 0.15) is 17.6 Å². The first-order valence-electron chi connectivity index (χ1n) is 10.7. The Balaban J connectivity index is 2.17. The maximum absolute atomic E-state index is 16.7. The summed E-state index contributed by atoms with van der Waals surface area (Å²) in [5, 5.41) is 7.03. The minimum absolute atomic E-state index is 0.187. The number of carbonyl (C=O) groups is 2. The number of pyridine rings is 2. The van der Waals surface area contributed by atoms with Gasteiger partial charge in [-0.1, -0.05) is 41.5 Å². The third-order valence-electron chi connectivity index (χ3n) is 5.44. The fourth-order valence-corrected chi connectivity index (χ4v) is 8.59. The van der Waals surface area contributed by atoms with E-state index in [1.807, 2.05) is 41.5 Å². The zero-order valence-corrected chi connectivity index (χ0v) is 21.5. The van der Waals surface area contributed by atoms with Gasteiger partial charge in [-0.2, -0.15) is 0 Å². The Hall–Kier alpha value is -3.01. The van der Waals surface area contributed by atoms with Crippen molar-refractivity contribution in [2.45, 2.75) is 64.6 Å². The zero-order chi connectivity index (χ0) is 25.0. The molecule has 0 spiro atoms. The lowest BCUT2D eigenvalue weighted by Crippen LogP contribution is -2.58. The van der Waals surface area contributed by atoms with Gasteiger partial charge in [-0.3, -0.25) is 15.1 Å². The maximum Gasteiger partial charge on any atom is 0.321 e. The first-order valence-corrected chi connectivity index (χ1v) is 12.6. The van der Waals surface area contributed by atoms with Crippen LogP contribution >= 0.6 is 0 Å². The van der Waals surface area contributed by atoms with Gasteiger partial charge in [0.2, 0.25) is 5.91 Å². The molecule has 3 N–H and O–H groups in total. The minimum atomic E-state index is -3.61. The van der Waals surface area contributed by atoms with Crippen LogP contribution < -0.4 is 25.9 Å². The normalized spacial score (nSPS) is 13.1. The number of aromatic nitrogens is 2. The van der Waals surface area contributed by atoms with Crippen LogP contribution in [0, 0.1) is 0 Å². The van der Waals surface area contributed by atoms with E-state index in [1.165, 1.54) is 25.6 Å². The topological polar surface area (TPSA) is 105 Å². The molecule has 8 nitrogen and oxygen atoms in total. The SMILES string of the molecule is COc1cc(NC(=O)NC(C)C(=O)Nc2cccnc2)ncc1[Si](F)(C(C)(C)C)C(C)(C)C. The van der Waals surface area contributed by atoms with Crippen molar-refractivity contribution in [1.82, 2.24) is 15.3 Å². The lowest BCUT2D eigenvalue weighted by atomic mass is 10.2. The average Bonchev–Trinajstić information content (AvgIpc) is 2.72. The minimum Gasteiger partial charge on any atom is -0.497 e. The average molecular weight is 476 g/mol. The number of nitrogens with zero attached hydrogens (tertiary/aromatic N) is 2. The monoisotopic (exact) mass is 475 g/mol. The van der Waals surface area contributed by atoms with Crippen LogP contribution in [0.15, 0.2) is 36.8 Å². The molecular formula is C23H34FN5O3Si. The summed E-state index contributed by atoms with van der Waals surface area (Å²) in [6.07, 6.45) is 4.55. The van der Waals surface area contributed by atoms with Crippen LogP contribution in [0.3, 0.4) is 0 Å². The molecule has 0 fully saturated rings. The van der Waals surface area contributed by atoms with Crippen LogP contribution in [0.5, 0.6) is 5.75 Å². The molecule has 0 aliphatic heterocycles. The molecule has 2 rings (SSSR count). The highest BCUT2D eigenvalue weighted by Crippen LogP contribution is 2.52. The first-order chi connectivity index (χ1) is 15.2. The molecule has 2 aromatic rings. The van der Waals surface area contributed by atoms with Crippen molar-refractivity contribution in [2.24, 2.45) is 0 Å². The van der Waals surface area contributed by atoms with Crippen LogP contribution in [0.2, 0.25) is 10.1 Å². The van der Waals surface area contributed by atoms with Gasteiger partial charge in [0.25, 0.3) is 8.41 Å². The first kappa shape index (κ1) is 26.2. The Morgan fingerprint density at radius 3 is 2.24 bits per heavy atom. The van der Waals surface area contributed by atoms with E-state index in [1.54, 1.807) is 25.3 Å². The number of nitrogens with one attached hydrogen (secondary N) is 3. The molecule has 1 atom stereocenters. The van der Waals surface area contributed by atoms with E-state index in [-0.39, 0.29) is 5.82 Å². The van der Waals surface area contributed by atoms with Crippen molar-refractivity contribution in [3.63, 3.8) is 0 Å². The number of hydrogen-bond donors (Lipinski definition) is 3. The van der Waals surface area contributed by atoms with Gasteiger partial charge in [-0.15, -0.1) is 0 Å². The molecule has 3 amide bonds. The van der Waals surface area contributed by atoms with E-state index in [0.717, 1.165) is 0 Å². The Morgan fingerprint density at radius 2 is 1.73 bits per heavy atom. The molecule has 0 aliphatic carbocycles. The summed E-state index contributed by atoms with van der Waals surface area (Å²) in [4.78, 5) is 32.9. The number of amides is 3. The fraction of sp³-hybridized carbons (Fsp3) is 0.478. The van der Waals surface area contributed by atoms with E-state index in [2.05, 4.69) is 25.9 Å². The van der Waals surface area contributed by atoms with Crippen molar-refractivity contribution in [1.29, 1.82) is 0 Å². The Morgan fingerprint density at radius 1 is 1.09 bits per heavy atom. The summed E-state index contributed by atoms with van der Waals surface area (Å²) in [6.45, 7) is 12.9. The summed E-state index contributed by atoms with van der Waals surface area (Å²) in [6, 6.07) is 3.45. The van der Waals surface area contributed by atoms with Crippen molar-refractivity contribution in [3.8, 4) is 5.75 Å². The Kier molecular flexibility index (Phi) is 7.84. The molecule has 2 heterocycles. The smallest absolute Gasteiger partial charge is 0.321 e. The quantitative estimate of drug-likeness (QED) is 0.425. The molecule has 1 unspecified atom stereocenters. The van der Waals surface area contributed by atoms with Gasteiger partial charge in [0.05, 0.1) is 19.0 Å². The van der Waals surface area contributed by atoms with E-state index in [0.29, 0.717) is 16.6 Å². The predicted octanol–water partition coefficient (Wildman–Crippen LogP) is 4.36. The molecule has 10 heteroatoms. The molecule has 0 saturated heterocycles. The highest BCUT2D eigenvalue weighted by molar-refractivity contribution is 6.91. The van der Waals surface area contributed by atoms with Crippen molar-refractivity contribution in [3.05, 3.63) is 36.8 Å². The number of ether oxygens (including phenoxy) is 1. The Bertz CT molecular complexity index is 976. The van der Waals surface area contributed by atoms with Crippen LogP contribution in [0.25, 0.3) is 0 Å². The predicted molar refractivity (Wildman–Crippen MR) is 131 cm³/mol. The second-order valence-electron chi connectivity index (χ2n) is 9.98. The number of hydrogen-bond acceptors (Lipinski definition) is 5. The highest BCUT2D eigenvalue weighted by Gasteiger charge is 2.58. The van der Waals surface area contributed by atoms with Gasteiger partial charge in [0, 0.05) is 23.6 Å². The number of methoxy groups -OCH3 is 1. The number of anilines is 2. The van der Waals surface area contributed by atoms with Crippen molar-refractivity contribution in [2.75, 3.05) is 17.7 Å². The van der Waals surface area contributed by atoms with Gasteiger partial charge in [-0.05, 0) is 29.1 Å². The molecule has 2 aromatic heterocycles. The molecule has 33 heavy (non-hydrogen) atoms. The summed E-state index contributed by atoms with van der Waals surface area (Å²) in [5.74, 6) is 0.122. The van der Waals surface area contributed by atoms with Gasteiger partial charge in [0.15, 0.2) is 0 Å². The Labute approximate surface area is 195 Å². The molecule has 0 aromatic carbocycles. The van der Waals surface area contributed by atoms with Crippen LogP contribution in [0.4, 0.5) is 20.4 Å². The zero-order valence-electron chi connectivity index (χ0n) is 20.5. The maximum atomic E-state index is 16.7. The van der Waals surface area contributed by atoms with E-state index < -0.39 is 36.5 Å². The summed E-state index contributed by atoms with van der Waals surface area (Å²) in [5.41, 5.74) is 0.523. The number of halogens is 1. The number of carbonyl (C=O) groups excluding carboxylic acids is 2. The summed E-state index contributed by atoms with van der Waals surface area (Å²) < 4.78 is 22.2. The molecular weight excluding hydrogens is 441 g/mol. The third kappa shape index (κ3) is 5.87. The van der Waals surface area contributed by atoms with E-state index in [9.17, 15) is 9.59 Å². The van der Waals surface area contributed by atoms with Crippen LogP contribution in [-0.2, 0) is 4.79 Å². The summed E-state index contributed by atoms with van der Waals surface area (Å²) in [7, 11) is -2.14. The van der Waals surface area contributed by atoms with Crippen LogP contribution in [-0.4, -0.2) is 43.5 Å². The van der Waals surface area contributed by atoms with E-state index >= 15 is 4.11 Å². The van der Waals surface area contributed by atoms with Crippen molar-refractivity contribution >= 4 is 37.0 Å².